The van der Waals surface area contributed by atoms with Gasteiger partial charge in [0.25, 0.3) is 0 Å². The second kappa shape index (κ2) is 16.0. The average molecular weight is 722 g/mol. The van der Waals surface area contributed by atoms with Crippen LogP contribution in [0.5, 0.6) is 0 Å². The van der Waals surface area contributed by atoms with Crippen LogP contribution in [0.3, 0.4) is 0 Å². The zero-order chi connectivity index (χ0) is 28.2. The molecule has 0 aliphatic carbocycles. The van der Waals surface area contributed by atoms with Gasteiger partial charge in [-0.25, -0.2) is 0 Å². The number of unbranched alkanes of at least 4 members (excludes halogenated alkanes) is 6. The maximum atomic E-state index is 5.08. The van der Waals surface area contributed by atoms with E-state index in [1.54, 1.807) is 0 Å². The van der Waals surface area contributed by atoms with Crippen molar-refractivity contribution in [2.24, 2.45) is 0 Å². The molecule has 0 unspecified atom stereocenters. The number of nitrogens with zero attached hydrogens (tertiary/aromatic N) is 2. The summed E-state index contributed by atoms with van der Waals surface area (Å²) in [6.07, 6.45) is 16.4. The average Bonchev–Trinajstić information content (AvgIpc) is 3.02. The van der Waals surface area contributed by atoms with Crippen molar-refractivity contribution >= 4 is 31.3 Å². The minimum absolute atomic E-state index is 1.01. The van der Waals surface area contributed by atoms with E-state index in [4.69, 9.17) is 19.5 Å². The van der Waals surface area contributed by atoms with Crippen molar-refractivity contribution in [1.29, 1.82) is 0 Å². The summed E-state index contributed by atoms with van der Waals surface area (Å²) in [5.41, 5.74) is 9.87. The summed E-state index contributed by atoms with van der Waals surface area (Å²) in [5.74, 6) is 0. The summed E-state index contributed by atoms with van der Waals surface area (Å²) in [6, 6.07) is 26.3. The number of rotatable bonds is 12. The number of fused-ring (bicyclic) bond motifs is 3. The van der Waals surface area contributed by atoms with Crippen LogP contribution in [0.4, 0.5) is 0 Å². The molecule has 0 spiro atoms. The topological polar surface area (TPSA) is 25.8 Å². The molecular formula is C36H40ClN2Re. The molecule has 0 saturated carbocycles. The molecule has 3 aromatic carbocycles. The molecule has 2 aromatic heterocycles. The molecule has 0 radical (unpaired) electrons. The number of pyridine rings is 2. The summed E-state index contributed by atoms with van der Waals surface area (Å²) in [4.78, 5) is 10.2. The van der Waals surface area contributed by atoms with Crippen molar-refractivity contribution in [3.8, 4) is 22.3 Å². The number of aryl methyl sites for hydroxylation is 2. The summed E-state index contributed by atoms with van der Waals surface area (Å²) < 4.78 is 0. The van der Waals surface area contributed by atoms with Crippen LogP contribution < -0.4 is 0 Å². The Bertz CT molecular complexity index is 1370. The van der Waals surface area contributed by atoms with Crippen molar-refractivity contribution < 1.29 is 18.2 Å². The van der Waals surface area contributed by atoms with Gasteiger partial charge in [-0.15, -0.1) is 0 Å². The van der Waals surface area contributed by atoms with Crippen LogP contribution in [0.2, 0.25) is 0 Å². The molecule has 0 atom stereocenters. The first kappa shape index (κ1) is 30.4. The number of halogens is 1. The monoisotopic (exact) mass is 722 g/mol. The van der Waals surface area contributed by atoms with Crippen LogP contribution in [0.25, 0.3) is 44.1 Å². The second-order valence-electron chi connectivity index (χ2n) is 10.5. The fourth-order valence-corrected chi connectivity index (χ4v) is 5.76. The molecule has 5 rings (SSSR count). The molecule has 40 heavy (non-hydrogen) atoms. The van der Waals surface area contributed by atoms with E-state index in [9.17, 15) is 0 Å². The Hall–Kier alpha value is -2.57. The number of benzene rings is 3. The zero-order valence-corrected chi connectivity index (χ0v) is 27.3. The van der Waals surface area contributed by atoms with Gasteiger partial charge < -0.3 is 0 Å². The van der Waals surface area contributed by atoms with Crippen LogP contribution in [0, 0.1) is 0 Å². The second-order valence-corrected chi connectivity index (χ2v) is 10.5. The summed E-state index contributed by atoms with van der Waals surface area (Å²) in [5, 5.41) is 2.41. The molecule has 0 aliphatic heterocycles. The Morgan fingerprint density at radius 1 is 0.525 bits per heavy atom. The van der Waals surface area contributed by atoms with E-state index in [1.807, 2.05) is 0 Å². The van der Waals surface area contributed by atoms with E-state index in [-0.39, 0.29) is 0 Å². The van der Waals surface area contributed by atoms with E-state index in [0.717, 1.165) is 23.9 Å². The van der Waals surface area contributed by atoms with Crippen molar-refractivity contribution in [3.63, 3.8) is 0 Å². The maximum absolute atomic E-state index is 5.08. The van der Waals surface area contributed by atoms with E-state index in [2.05, 4.69) is 99.0 Å². The van der Waals surface area contributed by atoms with Crippen molar-refractivity contribution in [3.05, 3.63) is 96.3 Å². The van der Waals surface area contributed by atoms with Gasteiger partial charge in [-0.3, -0.25) is 9.97 Å². The number of hydrogen-bond donors (Lipinski definition) is 0. The number of aromatic nitrogens is 2. The normalized spacial score (nSPS) is 11.0. The van der Waals surface area contributed by atoms with Crippen LogP contribution in [-0.4, -0.2) is 9.97 Å². The molecule has 0 bridgehead atoms. The van der Waals surface area contributed by atoms with Crippen molar-refractivity contribution in [2.75, 3.05) is 0 Å². The Morgan fingerprint density at radius 3 is 1.30 bits per heavy atom. The third kappa shape index (κ3) is 7.19. The Balaban J connectivity index is 0.00000181. The first-order valence-electron chi connectivity index (χ1n) is 14.8. The standard InChI is InChI=1S/C36H40N2.ClH.Re/c1-3-5-7-11-21-29-25-37-35-31(33(29)27-17-13-9-14-18-27)23-24-32-34(28-19-15-10-16-20-28)30(26-38-36(32)35)22-12-8-6-4-2;;/h9-10,13-20,23-26H,3-8,11-12,21-22H2,1-2H3;1H;/q;;+1/p-1. The molecule has 0 amide bonds. The Labute approximate surface area is 255 Å². The summed E-state index contributed by atoms with van der Waals surface area (Å²) in [7, 11) is 4.69. The molecule has 4 heteroatoms. The molecule has 2 nitrogen and oxygen atoms in total. The minimum atomic E-state index is 1.01. The van der Waals surface area contributed by atoms with E-state index < -0.39 is 0 Å². The van der Waals surface area contributed by atoms with E-state index in [0.29, 0.717) is 0 Å². The van der Waals surface area contributed by atoms with Gasteiger partial charge in [-0.05, 0) is 59.1 Å². The Morgan fingerprint density at radius 2 is 0.925 bits per heavy atom. The molecule has 0 fully saturated rings. The molecule has 0 N–H and O–H groups in total. The number of hydrogen-bond acceptors (Lipinski definition) is 2. The summed E-state index contributed by atoms with van der Waals surface area (Å²) in [6.45, 7) is 4.54. The van der Waals surface area contributed by atoms with Gasteiger partial charge in [-0.1, -0.05) is 125 Å². The van der Waals surface area contributed by atoms with E-state index >= 15 is 0 Å². The molecule has 2 heterocycles. The van der Waals surface area contributed by atoms with Gasteiger partial charge in [-0.2, -0.15) is 0 Å². The van der Waals surface area contributed by atoms with Gasteiger partial charge >= 0.3 is 27.7 Å². The SMILES string of the molecule is CCCCCCc1cnc2c(ccc3c(-c4ccccc4)c(CCCCCC)cnc32)c1-c1ccccc1.[Cl][Re]. The predicted molar refractivity (Wildman–Crippen MR) is 169 cm³/mol. The summed E-state index contributed by atoms with van der Waals surface area (Å²) >= 11 is 1.19. The molecule has 208 valence electrons. The zero-order valence-electron chi connectivity index (χ0n) is 23.8. The van der Waals surface area contributed by atoms with Crippen molar-refractivity contribution in [1.82, 2.24) is 9.97 Å². The molecule has 0 aliphatic rings. The van der Waals surface area contributed by atoms with Gasteiger partial charge in [0.05, 0.1) is 11.0 Å². The quantitative estimate of drug-likeness (QED) is 0.0947. The van der Waals surface area contributed by atoms with Crippen molar-refractivity contribution in [2.45, 2.75) is 78.1 Å². The fraction of sp³-hybridized carbons (Fsp3) is 0.333. The third-order valence-electron chi connectivity index (χ3n) is 7.76. The fourth-order valence-electron chi connectivity index (χ4n) is 5.76. The predicted octanol–water partition coefficient (Wildman–Crippen LogP) is 11.0. The van der Waals surface area contributed by atoms with E-state index in [1.165, 1.54) is 114 Å². The van der Waals surface area contributed by atoms with Crippen LogP contribution in [0.1, 0.15) is 76.3 Å². The molecular weight excluding hydrogens is 682 g/mol. The van der Waals surface area contributed by atoms with Crippen LogP contribution in [0.15, 0.2) is 85.2 Å². The van der Waals surface area contributed by atoms with Gasteiger partial charge in [0.15, 0.2) is 0 Å². The van der Waals surface area contributed by atoms with Crippen LogP contribution in [-0.2, 0) is 31.0 Å². The van der Waals surface area contributed by atoms with Gasteiger partial charge in [0.2, 0.25) is 0 Å². The first-order chi connectivity index (χ1) is 19.8. The van der Waals surface area contributed by atoms with Gasteiger partial charge in [0.1, 0.15) is 0 Å². The molecule has 5 aromatic rings. The third-order valence-corrected chi connectivity index (χ3v) is 7.76. The first-order valence-corrected chi connectivity index (χ1v) is 18.2. The van der Waals surface area contributed by atoms with Crippen LogP contribution >= 0.6 is 9.53 Å². The molecule has 0 saturated heterocycles. The Kier molecular flexibility index (Phi) is 12.2. The van der Waals surface area contributed by atoms with Gasteiger partial charge in [0, 0.05) is 23.2 Å².